The van der Waals surface area contributed by atoms with Crippen LogP contribution in [0, 0.1) is 6.92 Å². The van der Waals surface area contributed by atoms with E-state index in [0.717, 1.165) is 10.2 Å². The summed E-state index contributed by atoms with van der Waals surface area (Å²) in [5.74, 6) is 0. The second-order valence-electron chi connectivity index (χ2n) is 6.67. The molecule has 0 aliphatic heterocycles. The first-order valence-corrected chi connectivity index (χ1v) is 8.20. The molecule has 0 fully saturated rings. The molecule has 0 amide bonds. The Morgan fingerprint density at radius 2 is 1.62 bits per heavy atom. The minimum atomic E-state index is 0.203. The monoisotopic (exact) mass is 345 g/mol. The van der Waals surface area contributed by atoms with Crippen LogP contribution >= 0.6 is 15.9 Å². The van der Waals surface area contributed by atoms with Gasteiger partial charge in [-0.15, -0.1) is 0 Å². The van der Waals surface area contributed by atoms with Crippen molar-refractivity contribution in [2.75, 3.05) is 5.32 Å². The van der Waals surface area contributed by atoms with Crippen LogP contribution < -0.4 is 5.32 Å². The maximum atomic E-state index is 3.66. The predicted octanol–water partition coefficient (Wildman–Crippen LogP) is 6.23. The minimum absolute atomic E-state index is 0.203. The molecule has 2 aromatic rings. The van der Waals surface area contributed by atoms with Gasteiger partial charge in [0.1, 0.15) is 0 Å². The van der Waals surface area contributed by atoms with Crippen molar-refractivity contribution in [3.05, 3.63) is 63.6 Å². The van der Waals surface area contributed by atoms with Gasteiger partial charge in [-0.05, 0) is 57.9 Å². The molecule has 2 rings (SSSR count). The van der Waals surface area contributed by atoms with Crippen molar-refractivity contribution in [1.82, 2.24) is 0 Å². The fraction of sp³-hybridized carbons (Fsp3) is 0.368. The summed E-state index contributed by atoms with van der Waals surface area (Å²) in [7, 11) is 0. The van der Waals surface area contributed by atoms with E-state index in [0.29, 0.717) is 0 Å². The fourth-order valence-corrected chi connectivity index (χ4v) is 2.73. The highest BCUT2D eigenvalue weighted by molar-refractivity contribution is 9.10. The van der Waals surface area contributed by atoms with Crippen LogP contribution in [0.3, 0.4) is 0 Å². The summed E-state index contributed by atoms with van der Waals surface area (Å²) in [6.45, 7) is 11.0. The summed E-state index contributed by atoms with van der Waals surface area (Å²) < 4.78 is 1.14. The van der Waals surface area contributed by atoms with Crippen LogP contribution in [-0.2, 0) is 5.41 Å². The lowest BCUT2D eigenvalue weighted by molar-refractivity contribution is 0.589. The standard InChI is InChI=1S/C19H24BrN/c1-13-7-6-8-17(18(13)20)21-14(2)15-9-11-16(12-10-15)19(3,4)5/h6-12,14,21H,1-5H3. The van der Waals surface area contributed by atoms with Gasteiger partial charge in [-0.2, -0.15) is 0 Å². The Labute approximate surface area is 136 Å². The lowest BCUT2D eigenvalue weighted by atomic mass is 9.86. The zero-order chi connectivity index (χ0) is 15.6. The molecule has 2 heteroatoms. The Morgan fingerprint density at radius 1 is 1.00 bits per heavy atom. The molecular weight excluding hydrogens is 322 g/mol. The Hall–Kier alpha value is -1.28. The van der Waals surface area contributed by atoms with E-state index in [2.05, 4.69) is 98.3 Å². The Morgan fingerprint density at radius 3 is 2.19 bits per heavy atom. The maximum Gasteiger partial charge on any atom is 0.0492 e. The van der Waals surface area contributed by atoms with Crippen molar-refractivity contribution in [2.24, 2.45) is 0 Å². The summed E-state index contributed by atoms with van der Waals surface area (Å²) in [5, 5.41) is 3.58. The van der Waals surface area contributed by atoms with Crippen LogP contribution in [0.2, 0.25) is 0 Å². The van der Waals surface area contributed by atoms with Crippen molar-refractivity contribution in [3.8, 4) is 0 Å². The minimum Gasteiger partial charge on any atom is -0.378 e. The second-order valence-corrected chi connectivity index (χ2v) is 7.47. The molecule has 0 spiro atoms. The molecule has 0 saturated carbocycles. The van der Waals surface area contributed by atoms with E-state index >= 15 is 0 Å². The van der Waals surface area contributed by atoms with Gasteiger partial charge in [0.15, 0.2) is 0 Å². The first-order chi connectivity index (χ1) is 9.79. The number of hydrogen-bond acceptors (Lipinski definition) is 1. The molecule has 21 heavy (non-hydrogen) atoms. The Balaban J connectivity index is 2.17. The molecule has 0 aliphatic rings. The molecule has 0 bridgehead atoms. The predicted molar refractivity (Wildman–Crippen MR) is 96.1 cm³/mol. The van der Waals surface area contributed by atoms with Gasteiger partial charge in [0, 0.05) is 16.2 Å². The van der Waals surface area contributed by atoms with E-state index in [1.807, 2.05) is 0 Å². The number of aryl methyl sites for hydroxylation is 1. The summed E-state index contributed by atoms with van der Waals surface area (Å²) >= 11 is 3.66. The van der Waals surface area contributed by atoms with Gasteiger partial charge in [-0.25, -0.2) is 0 Å². The average Bonchev–Trinajstić information content (AvgIpc) is 2.43. The smallest absolute Gasteiger partial charge is 0.0492 e. The summed E-state index contributed by atoms with van der Waals surface area (Å²) in [6, 6.07) is 15.5. The first kappa shape index (κ1) is 16.1. The molecule has 1 nitrogen and oxygen atoms in total. The topological polar surface area (TPSA) is 12.0 Å². The SMILES string of the molecule is Cc1cccc(NC(C)c2ccc(C(C)(C)C)cc2)c1Br. The maximum absolute atomic E-state index is 3.66. The van der Waals surface area contributed by atoms with E-state index in [4.69, 9.17) is 0 Å². The van der Waals surface area contributed by atoms with Crippen LogP contribution in [0.4, 0.5) is 5.69 Å². The lowest BCUT2D eigenvalue weighted by Gasteiger charge is -2.21. The van der Waals surface area contributed by atoms with Crippen LogP contribution in [0.15, 0.2) is 46.9 Å². The molecular formula is C19H24BrN. The van der Waals surface area contributed by atoms with Crippen LogP contribution in [0.1, 0.15) is 50.4 Å². The van der Waals surface area contributed by atoms with Gasteiger partial charge < -0.3 is 5.32 Å². The molecule has 0 heterocycles. The van der Waals surface area contributed by atoms with E-state index in [1.54, 1.807) is 0 Å². The van der Waals surface area contributed by atoms with E-state index < -0.39 is 0 Å². The second kappa shape index (κ2) is 6.23. The molecule has 0 radical (unpaired) electrons. The molecule has 0 saturated heterocycles. The van der Waals surface area contributed by atoms with Gasteiger partial charge in [0.25, 0.3) is 0 Å². The lowest BCUT2D eigenvalue weighted by Crippen LogP contribution is -2.12. The molecule has 0 aromatic heterocycles. The summed E-state index contributed by atoms with van der Waals surface area (Å²) in [6.07, 6.45) is 0. The molecule has 2 aromatic carbocycles. The van der Waals surface area contributed by atoms with Crippen LogP contribution in [0.25, 0.3) is 0 Å². The Kier molecular flexibility index (Phi) is 4.77. The first-order valence-electron chi connectivity index (χ1n) is 7.41. The summed E-state index contributed by atoms with van der Waals surface area (Å²) in [4.78, 5) is 0. The van der Waals surface area contributed by atoms with Gasteiger partial charge in [0.05, 0.1) is 0 Å². The molecule has 112 valence electrons. The third-order valence-electron chi connectivity index (χ3n) is 3.84. The largest absolute Gasteiger partial charge is 0.378 e. The summed E-state index contributed by atoms with van der Waals surface area (Å²) in [5.41, 5.74) is 5.26. The average molecular weight is 346 g/mol. The van der Waals surface area contributed by atoms with Crippen LogP contribution in [-0.4, -0.2) is 0 Å². The Bertz CT molecular complexity index is 608. The number of rotatable bonds is 3. The zero-order valence-corrected chi connectivity index (χ0v) is 15.1. The third-order valence-corrected chi connectivity index (χ3v) is 4.89. The van der Waals surface area contributed by atoms with Crippen LogP contribution in [0.5, 0.6) is 0 Å². The number of nitrogens with one attached hydrogen (secondary N) is 1. The van der Waals surface area contributed by atoms with Gasteiger partial charge in [-0.3, -0.25) is 0 Å². The highest BCUT2D eigenvalue weighted by Crippen LogP contribution is 2.30. The van der Waals surface area contributed by atoms with Crippen molar-refractivity contribution in [2.45, 2.75) is 46.1 Å². The zero-order valence-electron chi connectivity index (χ0n) is 13.5. The highest BCUT2D eigenvalue weighted by atomic mass is 79.9. The van der Waals surface area contributed by atoms with Crippen molar-refractivity contribution in [1.29, 1.82) is 0 Å². The normalized spacial score (nSPS) is 13.0. The number of hydrogen-bond donors (Lipinski definition) is 1. The van der Waals surface area contributed by atoms with E-state index in [9.17, 15) is 0 Å². The molecule has 1 unspecified atom stereocenters. The number of benzene rings is 2. The van der Waals surface area contributed by atoms with Gasteiger partial charge in [-0.1, -0.05) is 57.2 Å². The number of halogens is 1. The van der Waals surface area contributed by atoms with E-state index in [-0.39, 0.29) is 11.5 Å². The number of anilines is 1. The quantitative estimate of drug-likeness (QED) is 0.695. The molecule has 0 aliphatic carbocycles. The van der Waals surface area contributed by atoms with E-state index in [1.165, 1.54) is 16.7 Å². The van der Waals surface area contributed by atoms with Crippen molar-refractivity contribution in [3.63, 3.8) is 0 Å². The highest BCUT2D eigenvalue weighted by Gasteiger charge is 2.14. The fourth-order valence-electron chi connectivity index (χ4n) is 2.35. The van der Waals surface area contributed by atoms with Crippen molar-refractivity contribution < 1.29 is 0 Å². The van der Waals surface area contributed by atoms with Crippen molar-refractivity contribution >= 4 is 21.6 Å². The van der Waals surface area contributed by atoms with Gasteiger partial charge >= 0.3 is 0 Å². The third kappa shape index (κ3) is 3.88. The van der Waals surface area contributed by atoms with Gasteiger partial charge in [0.2, 0.25) is 0 Å². The molecule has 1 N–H and O–H groups in total. The molecule has 1 atom stereocenters.